The van der Waals surface area contributed by atoms with Crippen molar-refractivity contribution in [2.24, 2.45) is 11.8 Å². The van der Waals surface area contributed by atoms with E-state index in [1.807, 2.05) is 5.01 Å². The summed E-state index contributed by atoms with van der Waals surface area (Å²) < 4.78 is 0. The predicted molar refractivity (Wildman–Crippen MR) is 42.4 cm³/mol. The minimum absolute atomic E-state index is 0.582. The lowest BCUT2D eigenvalue weighted by Gasteiger charge is -2.32. The van der Waals surface area contributed by atoms with Crippen molar-refractivity contribution in [3.05, 3.63) is 0 Å². The molecule has 10 heavy (non-hydrogen) atoms. The van der Waals surface area contributed by atoms with Crippen LogP contribution in [0, 0.1) is 5.92 Å². The zero-order valence-corrected chi connectivity index (χ0v) is 6.80. The number of hydrogen-bond acceptors (Lipinski definition) is 3. The number of rotatable bonds is 1. The highest BCUT2D eigenvalue weighted by Crippen LogP contribution is 2.04. The molecule has 0 aromatic carbocycles. The number of hydrazine groups is 1. The van der Waals surface area contributed by atoms with Gasteiger partial charge in [0.05, 0.1) is 0 Å². The Balaban J connectivity index is 2.32. The van der Waals surface area contributed by atoms with Crippen LogP contribution in [0.4, 0.5) is 0 Å². The van der Waals surface area contributed by atoms with Gasteiger partial charge in [0.25, 0.3) is 0 Å². The van der Waals surface area contributed by atoms with Gasteiger partial charge in [-0.05, 0) is 5.92 Å². The van der Waals surface area contributed by atoms with E-state index in [1.165, 1.54) is 0 Å². The second kappa shape index (κ2) is 3.32. The Morgan fingerprint density at radius 2 is 2.30 bits per heavy atom. The zero-order chi connectivity index (χ0) is 7.56. The molecule has 3 heteroatoms. The molecule has 1 unspecified atom stereocenters. The fraction of sp³-hybridized carbons (Fsp3) is 1.00. The van der Waals surface area contributed by atoms with Crippen molar-refractivity contribution in [2.75, 3.05) is 19.6 Å². The topological polar surface area (TPSA) is 41.3 Å². The largest absolute Gasteiger partial charge is 0.311 e. The molecule has 0 bridgehead atoms. The van der Waals surface area contributed by atoms with E-state index in [9.17, 15) is 0 Å². The van der Waals surface area contributed by atoms with E-state index in [2.05, 4.69) is 19.2 Å². The fourth-order valence-electron chi connectivity index (χ4n) is 1.25. The molecule has 0 spiro atoms. The molecule has 60 valence electrons. The minimum Gasteiger partial charge on any atom is -0.311 e. The quantitative estimate of drug-likeness (QED) is 0.499. The smallest absolute Gasteiger partial charge is 0.0285 e. The summed E-state index contributed by atoms with van der Waals surface area (Å²) >= 11 is 0. The summed E-state index contributed by atoms with van der Waals surface area (Å²) in [6.45, 7) is 7.42. The molecule has 1 fully saturated rings. The number of piperazine rings is 1. The van der Waals surface area contributed by atoms with Gasteiger partial charge >= 0.3 is 0 Å². The molecular formula is C7H17N3. The molecule has 1 aliphatic heterocycles. The van der Waals surface area contributed by atoms with Crippen LogP contribution in [0.3, 0.4) is 0 Å². The van der Waals surface area contributed by atoms with Gasteiger partial charge in [0.15, 0.2) is 0 Å². The van der Waals surface area contributed by atoms with Crippen LogP contribution >= 0.6 is 0 Å². The maximum atomic E-state index is 5.66. The van der Waals surface area contributed by atoms with Crippen LogP contribution in [-0.2, 0) is 0 Å². The van der Waals surface area contributed by atoms with Crippen LogP contribution in [-0.4, -0.2) is 30.7 Å². The van der Waals surface area contributed by atoms with Gasteiger partial charge < -0.3 is 5.32 Å². The molecule has 0 radical (unpaired) electrons. The molecule has 0 aromatic rings. The SMILES string of the molecule is CC(C)C1CN(N)CCN1. The number of hydrogen-bond donors (Lipinski definition) is 2. The first kappa shape index (κ1) is 7.98. The maximum Gasteiger partial charge on any atom is 0.0285 e. The Bertz CT molecular complexity index is 103. The van der Waals surface area contributed by atoms with E-state index < -0.39 is 0 Å². The average molecular weight is 143 g/mol. The molecule has 1 rings (SSSR count). The van der Waals surface area contributed by atoms with Crippen molar-refractivity contribution in [2.45, 2.75) is 19.9 Å². The zero-order valence-electron chi connectivity index (χ0n) is 6.80. The normalized spacial score (nSPS) is 29.4. The average Bonchev–Trinajstić information content (AvgIpc) is 1.88. The van der Waals surface area contributed by atoms with Crippen LogP contribution in [0.1, 0.15) is 13.8 Å². The number of nitrogens with two attached hydrogens (primary N) is 1. The third-order valence-corrected chi connectivity index (χ3v) is 2.04. The molecule has 1 heterocycles. The Morgan fingerprint density at radius 1 is 1.60 bits per heavy atom. The standard InChI is InChI=1S/C7H17N3/c1-6(2)7-5-10(8)4-3-9-7/h6-7,9H,3-5,8H2,1-2H3. The minimum atomic E-state index is 0.582. The number of nitrogens with one attached hydrogen (secondary N) is 1. The van der Waals surface area contributed by atoms with Gasteiger partial charge in [0.1, 0.15) is 0 Å². The van der Waals surface area contributed by atoms with Gasteiger partial charge in [-0.1, -0.05) is 13.8 Å². The van der Waals surface area contributed by atoms with E-state index in [0.29, 0.717) is 12.0 Å². The Kier molecular flexibility index (Phi) is 2.65. The van der Waals surface area contributed by atoms with Gasteiger partial charge in [-0.25, -0.2) is 5.01 Å². The predicted octanol–water partition coefficient (Wildman–Crippen LogP) is -0.210. The first-order valence-corrected chi connectivity index (χ1v) is 3.93. The summed E-state index contributed by atoms with van der Waals surface area (Å²) in [5.41, 5.74) is 0. The van der Waals surface area contributed by atoms with E-state index >= 15 is 0 Å². The van der Waals surface area contributed by atoms with Crippen molar-refractivity contribution in [3.8, 4) is 0 Å². The van der Waals surface area contributed by atoms with Gasteiger partial charge in [-0.2, -0.15) is 0 Å². The highest BCUT2D eigenvalue weighted by atomic mass is 15.4. The molecule has 1 atom stereocenters. The molecule has 1 saturated heterocycles. The van der Waals surface area contributed by atoms with Crippen LogP contribution in [0.2, 0.25) is 0 Å². The molecule has 0 saturated carbocycles. The summed E-state index contributed by atoms with van der Waals surface area (Å²) in [5.74, 6) is 6.34. The van der Waals surface area contributed by atoms with Crippen molar-refractivity contribution in [1.82, 2.24) is 10.3 Å². The van der Waals surface area contributed by atoms with Crippen molar-refractivity contribution < 1.29 is 0 Å². The molecule has 0 amide bonds. The summed E-state index contributed by atoms with van der Waals surface area (Å²) in [5, 5.41) is 5.32. The lowest BCUT2D eigenvalue weighted by molar-refractivity contribution is 0.178. The fourth-order valence-corrected chi connectivity index (χ4v) is 1.25. The maximum absolute atomic E-state index is 5.66. The Labute approximate surface area is 62.5 Å². The second-order valence-corrected chi connectivity index (χ2v) is 3.30. The monoisotopic (exact) mass is 143 g/mol. The van der Waals surface area contributed by atoms with Crippen LogP contribution in [0.5, 0.6) is 0 Å². The van der Waals surface area contributed by atoms with Crippen LogP contribution in [0.25, 0.3) is 0 Å². The van der Waals surface area contributed by atoms with E-state index in [1.54, 1.807) is 0 Å². The highest BCUT2D eigenvalue weighted by molar-refractivity contribution is 4.77. The highest BCUT2D eigenvalue weighted by Gasteiger charge is 2.18. The lowest BCUT2D eigenvalue weighted by atomic mass is 10.0. The Morgan fingerprint density at radius 3 is 2.70 bits per heavy atom. The first-order valence-electron chi connectivity index (χ1n) is 3.93. The molecule has 0 aromatic heterocycles. The summed E-state index contributed by atoms with van der Waals surface area (Å²) in [6, 6.07) is 0.582. The van der Waals surface area contributed by atoms with Crippen molar-refractivity contribution in [3.63, 3.8) is 0 Å². The van der Waals surface area contributed by atoms with Crippen molar-refractivity contribution in [1.29, 1.82) is 0 Å². The second-order valence-electron chi connectivity index (χ2n) is 3.30. The summed E-state index contributed by atoms with van der Waals surface area (Å²) in [7, 11) is 0. The molecule has 0 aliphatic carbocycles. The molecule has 3 nitrogen and oxygen atoms in total. The van der Waals surface area contributed by atoms with Gasteiger partial charge in [-0.3, -0.25) is 5.84 Å². The number of nitrogens with zero attached hydrogens (tertiary/aromatic N) is 1. The van der Waals surface area contributed by atoms with Gasteiger partial charge in [0.2, 0.25) is 0 Å². The third-order valence-electron chi connectivity index (χ3n) is 2.04. The van der Waals surface area contributed by atoms with E-state index in [-0.39, 0.29) is 0 Å². The van der Waals surface area contributed by atoms with E-state index in [0.717, 1.165) is 19.6 Å². The summed E-state index contributed by atoms with van der Waals surface area (Å²) in [4.78, 5) is 0. The summed E-state index contributed by atoms with van der Waals surface area (Å²) in [6.07, 6.45) is 0. The van der Waals surface area contributed by atoms with Gasteiger partial charge in [0, 0.05) is 25.7 Å². The van der Waals surface area contributed by atoms with E-state index in [4.69, 9.17) is 5.84 Å². The molecule has 3 N–H and O–H groups in total. The lowest BCUT2D eigenvalue weighted by Crippen LogP contribution is -2.55. The third kappa shape index (κ3) is 1.94. The van der Waals surface area contributed by atoms with Crippen molar-refractivity contribution >= 4 is 0 Å². The van der Waals surface area contributed by atoms with Gasteiger partial charge in [-0.15, -0.1) is 0 Å². The van der Waals surface area contributed by atoms with Crippen LogP contribution in [0.15, 0.2) is 0 Å². The van der Waals surface area contributed by atoms with Crippen LogP contribution < -0.4 is 11.2 Å². The Hall–Kier alpha value is -0.120. The first-order chi connectivity index (χ1) is 4.70. The molecule has 1 aliphatic rings. The molecular weight excluding hydrogens is 126 g/mol.